The Morgan fingerprint density at radius 2 is 1.70 bits per heavy atom. The summed E-state index contributed by atoms with van der Waals surface area (Å²) in [6.07, 6.45) is 1.63. The van der Waals surface area contributed by atoms with E-state index in [0.29, 0.717) is 24.5 Å². The van der Waals surface area contributed by atoms with E-state index in [9.17, 15) is 4.79 Å². The normalized spacial score (nSPS) is 11.0. The molecule has 0 heterocycles. The molecule has 0 aliphatic carbocycles. The molecule has 0 fully saturated rings. The lowest BCUT2D eigenvalue weighted by Gasteiger charge is -2.12. The van der Waals surface area contributed by atoms with Crippen molar-refractivity contribution in [1.29, 1.82) is 0 Å². The van der Waals surface area contributed by atoms with E-state index >= 15 is 0 Å². The van der Waals surface area contributed by atoms with Crippen LogP contribution >= 0.6 is 15.9 Å². The fraction of sp³-hybridized carbons (Fsp3) is 0.111. The van der Waals surface area contributed by atoms with Crippen LogP contribution in [0.25, 0.3) is 10.8 Å². The summed E-state index contributed by atoms with van der Waals surface area (Å²) in [4.78, 5) is 12.5. The Hall–Kier alpha value is -3.64. The van der Waals surface area contributed by atoms with Crippen molar-refractivity contribution in [3.63, 3.8) is 0 Å². The minimum absolute atomic E-state index is 0.299. The third-order valence-corrected chi connectivity index (χ3v) is 5.55. The number of hydrogen-bond donors (Lipinski definition) is 1. The molecule has 4 aromatic carbocycles. The van der Waals surface area contributed by atoms with E-state index in [4.69, 9.17) is 9.47 Å². The molecule has 0 radical (unpaired) electrons. The van der Waals surface area contributed by atoms with E-state index in [1.54, 1.807) is 30.5 Å². The molecule has 0 bridgehead atoms. The van der Waals surface area contributed by atoms with E-state index in [1.165, 1.54) is 0 Å². The van der Waals surface area contributed by atoms with Crippen LogP contribution in [0.2, 0.25) is 0 Å². The van der Waals surface area contributed by atoms with Gasteiger partial charge in [0.15, 0.2) is 0 Å². The van der Waals surface area contributed by atoms with E-state index < -0.39 is 0 Å². The Labute approximate surface area is 201 Å². The van der Waals surface area contributed by atoms with Gasteiger partial charge in [0.1, 0.15) is 18.1 Å². The zero-order chi connectivity index (χ0) is 23.0. The first-order valence-corrected chi connectivity index (χ1v) is 11.4. The van der Waals surface area contributed by atoms with Gasteiger partial charge in [0, 0.05) is 15.6 Å². The predicted octanol–water partition coefficient (Wildman–Crippen LogP) is 6.34. The zero-order valence-corrected chi connectivity index (χ0v) is 19.7. The van der Waals surface area contributed by atoms with Gasteiger partial charge in [-0.3, -0.25) is 4.79 Å². The molecule has 0 aliphatic heterocycles. The quantitative estimate of drug-likeness (QED) is 0.225. The second-order valence-electron chi connectivity index (χ2n) is 7.27. The standard InChI is InChI=1S/C27H23BrN2O3/c1-2-32-23-14-9-21(10-15-23)27(31)30-29-17-25-24-6-4-3-5-20(24)11-16-26(25)33-18-19-7-12-22(28)13-8-19/h3-17H,2,18H2,1H3,(H,30,31)/b29-17-. The topological polar surface area (TPSA) is 59.9 Å². The summed E-state index contributed by atoms with van der Waals surface area (Å²) in [7, 11) is 0. The van der Waals surface area contributed by atoms with Crippen molar-refractivity contribution in [3.8, 4) is 11.5 Å². The van der Waals surface area contributed by atoms with Crippen molar-refractivity contribution >= 4 is 38.8 Å². The Balaban J connectivity index is 1.53. The average Bonchev–Trinajstić information content (AvgIpc) is 2.85. The number of carbonyl (C=O) groups excluding carboxylic acids is 1. The molecule has 0 aromatic heterocycles. The molecule has 33 heavy (non-hydrogen) atoms. The van der Waals surface area contributed by atoms with Gasteiger partial charge in [-0.1, -0.05) is 58.4 Å². The van der Waals surface area contributed by atoms with Crippen LogP contribution in [0.5, 0.6) is 11.5 Å². The number of benzene rings is 4. The zero-order valence-electron chi connectivity index (χ0n) is 18.1. The molecule has 0 spiro atoms. The number of nitrogens with one attached hydrogen (secondary N) is 1. The number of halogens is 1. The fourth-order valence-corrected chi connectivity index (χ4v) is 3.63. The summed E-state index contributed by atoms with van der Waals surface area (Å²) in [6, 6.07) is 26.9. The van der Waals surface area contributed by atoms with Crippen LogP contribution in [0.1, 0.15) is 28.4 Å². The van der Waals surface area contributed by atoms with Crippen LogP contribution in [0.4, 0.5) is 0 Å². The highest BCUT2D eigenvalue weighted by molar-refractivity contribution is 9.10. The number of hydrazone groups is 1. The second kappa shape index (κ2) is 10.8. The van der Waals surface area contributed by atoms with Gasteiger partial charge in [-0.25, -0.2) is 5.43 Å². The lowest BCUT2D eigenvalue weighted by molar-refractivity contribution is 0.0955. The molecule has 4 rings (SSSR count). The first-order chi connectivity index (χ1) is 16.1. The summed E-state index contributed by atoms with van der Waals surface area (Å²) in [5, 5.41) is 6.27. The van der Waals surface area contributed by atoms with Crippen LogP contribution < -0.4 is 14.9 Å². The maximum absolute atomic E-state index is 12.5. The van der Waals surface area contributed by atoms with Gasteiger partial charge in [-0.2, -0.15) is 5.10 Å². The van der Waals surface area contributed by atoms with Crippen molar-refractivity contribution in [2.45, 2.75) is 13.5 Å². The Morgan fingerprint density at radius 3 is 2.45 bits per heavy atom. The second-order valence-corrected chi connectivity index (χ2v) is 8.19. The highest BCUT2D eigenvalue weighted by Gasteiger charge is 2.09. The molecule has 5 nitrogen and oxygen atoms in total. The molecular formula is C27H23BrN2O3. The van der Waals surface area contributed by atoms with Crippen LogP contribution in [-0.4, -0.2) is 18.7 Å². The highest BCUT2D eigenvalue weighted by Crippen LogP contribution is 2.27. The van der Waals surface area contributed by atoms with E-state index in [2.05, 4.69) is 26.5 Å². The predicted molar refractivity (Wildman–Crippen MR) is 135 cm³/mol. The molecule has 0 atom stereocenters. The van der Waals surface area contributed by atoms with Crippen molar-refractivity contribution in [3.05, 3.63) is 106 Å². The number of rotatable bonds is 8. The molecule has 0 saturated carbocycles. The van der Waals surface area contributed by atoms with E-state index in [0.717, 1.165) is 32.1 Å². The lowest BCUT2D eigenvalue weighted by atomic mass is 10.0. The molecular weight excluding hydrogens is 480 g/mol. The minimum Gasteiger partial charge on any atom is -0.494 e. The maximum Gasteiger partial charge on any atom is 0.271 e. The molecule has 0 unspecified atom stereocenters. The Morgan fingerprint density at radius 1 is 0.939 bits per heavy atom. The number of amides is 1. The molecule has 6 heteroatoms. The van der Waals surface area contributed by atoms with Gasteiger partial charge in [-0.15, -0.1) is 0 Å². The summed E-state index contributed by atoms with van der Waals surface area (Å²) >= 11 is 3.45. The van der Waals surface area contributed by atoms with Crippen molar-refractivity contribution in [1.82, 2.24) is 5.43 Å². The minimum atomic E-state index is -0.299. The number of fused-ring (bicyclic) bond motifs is 1. The van der Waals surface area contributed by atoms with Gasteiger partial charge in [-0.05, 0) is 65.7 Å². The molecule has 166 valence electrons. The first kappa shape index (κ1) is 22.6. The number of ether oxygens (including phenoxy) is 2. The van der Waals surface area contributed by atoms with Crippen LogP contribution in [0, 0.1) is 0 Å². The highest BCUT2D eigenvalue weighted by atomic mass is 79.9. The summed E-state index contributed by atoms with van der Waals surface area (Å²) in [5.41, 5.74) is 4.96. The average molecular weight is 503 g/mol. The van der Waals surface area contributed by atoms with Crippen molar-refractivity contribution in [2.24, 2.45) is 5.10 Å². The Kier molecular flexibility index (Phi) is 7.37. The molecule has 1 N–H and O–H groups in total. The van der Waals surface area contributed by atoms with Crippen molar-refractivity contribution < 1.29 is 14.3 Å². The SMILES string of the molecule is CCOc1ccc(C(=O)N/N=C\c2c(OCc3ccc(Br)cc3)ccc3ccccc23)cc1. The van der Waals surface area contributed by atoms with Crippen LogP contribution in [-0.2, 0) is 6.61 Å². The van der Waals surface area contributed by atoms with Gasteiger partial charge < -0.3 is 9.47 Å². The molecule has 4 aromatic rings. The van der Waals surface area contributed by atoms with Crippen LogP contribution in [0.15, 0.2) is 94.5 Å². The monoisotopic (exact) mass is 502 g/mol. The van der Waals surface area contributed by atoms with Crippen molar-refractivity contribution in [2.75, 3.05) is 6.61 Å². The molecule has 0 saturated heterocycles. The summed E-state index contributed by atoms with van der Waals surface area (Å²) in [5.74, 6) is 1.11. The maximum atomic E-state index is 12.5. The van der Waals surface area contributed by atoms with Gasteiger partial charge in [0.2, 0.25) is 0 Å². The summed E-state index contributed by atoms with van der Waals surface area (Å²) < 4.78 is 12.6. The number of hydrogen-bond acceptors (Lipinski definition) is 4. The number of nitrogens with zero attached hydrogens (tertiary/aromatic N) is 1. The number of carbonyl (C=O) groups is 1. The van der Waals surface area contributed by atoms with Crippen LogP contribution in [0.3, 0.4) is 0 Å². The van der Waals surface area contributed by atoms with E-state index in [1.807, 2.05) is 67.6 Å². The third kappa shape index (κ3) is 5.79. The lowest BCUT2D eigenvalue weighted by Crippen LogP contribution is -2.17. The van der Waals surface area contributed by atoms with E-state index in [-0.39, 0.29) is 5.91 Å². The smallest absolute Gasteiger partial charge is 0.271 e. The van der Waals surface area contributed by atoms with Gasteiger partial charge in [0.05, 0.1) is 12.8 Å². The molecule has 0 aliphatic rings. The Bertz CT molecular complexity index is 1270. The third-order valence-electron chi connectivity index (χ3n) is 5.03. The molecule has 1 amide bonds. The van der Waals surface area contributed by atoms with Gasteiger partial charge in [0.25, 0.3) is 5.91 Å². The fourth-order valence-electron chi connectivity index (χ4n) is 3.37. The first-order valence-electron chi connectivity index (χ1n) is 10.6. The summed E-state index contributed by atoms with van der Waals surface area (Å²) in [6.45, 7) is 2.91. The van der Waals surface area contributed by atoms with Gasteiger partial charge >= 0.3 is 0 Å². The largest absolute Gasteiger partial charge is 0.494 e.